The van der Waals surface area contributed by atoms with E-state index in [4.69, 9.17) is 4.74 Å². The summed E-state index contributed by atoms with van der Waals surface area (Å²) in [5.41, 5.74) is 0.297. The first-order valence-corrected chi connectivity index (χ1v) is 8.50. The normalized spacial score (nSPS) is 44.9. The Morgan fingerprint density at radius 2 is 2.14 bits per heavy atom. The van der Waals surface area contributed by atoms with E-state index in [-0.39, 0.29) is 17.4 Å². The predicted octanol–water partition coefficient (Wildman–Crippen LogP) is 2.37. The smallest absolute Gasteiger partial charge is 0.340 e. The van der Waals surface area contributed by atoms with Crippen molar-refractivity contribution < 1.29 is 14.6 Å². The van der Waals surface area contributed by atoms with Crippen LogP contribution in [0.1, 0.15) is 46.0 Å². The molecule has 0 radical (unpaired) electrons. The molecule has 0 spiro atoms. The average molecular weight is 307 g/mol. The van der Waals surface area contributed by atoms with Gasteiger partial charge in [0, 0.05) is 18.4 Å². The van der Waals surface area contributed by atoms with E-state index in [0.29, 0.717) is 12.5 Å². The molecule has 0 aromatic rings. The van der Waals surface area contributed by atoms with Crippen molar-refractivity contribution in [3.63, 3.8) is 0 Å². The quantitative estimate of drug-likeness (QED) is 0.628. The molecule has 4 heteroatoms. The molecular weight excluding hydrogens is 278 g/mol. The maximum absolute atomic E-state index is 12.4. The van der Waals surface area contributed by atoms with Gasteiger partial charge in [0.25, 0.3) is 0 Å². The summed E-state index contributed by atoms with van der Waals surface area (Å²) in [5, 5.41) is 11.1. The van der Waals surface area contributed by atoms with Crippen LogP contribution in [0.4, 0.5) is 0 Å². The van der Waals surface area contributed by atoms with Gasteiger partial charge in [-0.25, -0.2) is 4.79 Å². The Hall–Kier alpha value is -0.870. The maximum atomic E-state index is 12.4. The molecule has 4 nitrogen and oxygen atoms in total. The molecule has 1 aliphatic heterocycles. The lowest BCUT2D eigenvalue weighted by Gasteiger charge is -2.31. The van der Waals surface area contributed by atoms with E-state index in [1.807, 2.05) is 19.0 Å². The molecule has 0 amide bonds. The third-order valence-electron chi connectivity index (χ3n) is 6.04. The Labute approximate surface area is 133 Å². The molecule has 0 aromatic carbocycles. The van der Waals surface area contributed by atoms with Gasteiger partial charge in [0.05, 0.1) is 0 Å². The highest BCUT2D eigenvalue weighted by atomic mass is 16.6. The summed E-state index contributed by atoms with van der Waals surface area (Å²) in [6.45, 7) is 4.81. The van der Waals surface area contributed by atoms with Gasteiger partial charge in [0.1, 0.15) is 6.10 Å². The van der Waals surface area contributed by atoms with Gasteiger partial charge in [-0.2, -0.15) is 0 Å². The summed E-state index contributed by atoms with van der Waals surface area (Å²) in [7, 11) is 3.79. The van der Waals surface area contributed by atoms with Crippen molar-refractivity contribution in [2.45, 2.75) is 57.7 Å². The monoisotopic (exact) mass is 307 g/mol. The first-order valence-electron chi connectivity index (χ1n) is 8.50. The number of nitrogens with zero attached hydrogens (tertiary/aromatic N) is 1. The molecule has 1 N–H and O–H groups in total. The van der Waals surface area contributed by atoms with Gasteiger partial charge in [-0.15, -0.1) is 0 Å². The molecule has 3 aliphatic rings. The SMILES string of the molecule is CC1=CCCC2(C)CC2C2OC(=O)C(O)(CN(C)C)C2CC1. The van der Waals surface area contributed by atoms with Crippen LogP contribution in [0.15, 0.2) is 11.6 Å². The number of hydrogen-bond donors (Lipinski definition) is 1. The second-order valence-corrected chi connectivity index (χ2v) is 8.23. The lowest BCUT2D eigenvalue weighted by Crippen LogP contribution is -2.50. The first-order chi connectivity index (χ1) is 10.3. The van der Waals surface area contributed by atoms with Crippen LogP contribution < -0.4 is 0 Å². The average Bonchev–Trinajstić information content (AvgIpc) is 3.00. The minimum absolute atomic E-state index is 0.0873. The third-order valence-corrected chi connectivity index (χ3v) is 6.04. The third kappa shape index (κ3) is 2.61. The minimum Gasteiger partial charge on any atom is -0.459 e. The van der Waals surface area contributed by atoms with E-state index in [2.05, 4.69) is 19.9 Å². The van der Waals surface area contributed by atoms with Gasteiger partial charge < -0.3 is 14.7 Å². The number of aliphatic hydroxyl groups is 1. The van der Waals surface area contributed by atoms with Crippen molar-refractivity contribution in [1.29, 1.82) is 0 Å². The zero-order chi connectivity index (χ0) is 16.1. The van der Waals surface area contributed by atoms with E-state index in [1.165, 1.54) is 5.57 Å². The van der Waals surface area contributed by atoms with Crippen molar-refractivity contribution in [2.75, 3.05) is 20.6 Å². The fourth-order valence-corrected chi connectivity index (χ4v) is 4.54. The van der Waals surface area contributed by atoms with E-state index in [1.54, 1.807) is 0 Å². The lowest BCUT2D eigenvalue weighted by molar-refractivity contribution is -0.157. The molecule has 1 saturated heterocycles. The van der Waals surface area contributed by atoms with Gasteiger partial charge in [0.2, 0.25) is 0 Å². The second kappa shape index (κ2) is 5.34. The van der Waals surface area contributed by atoms with Gasteiger partial charge in [-0.3, -0.25) is 0 Å². The number of carbonyl (C=O) groups is 1. The standard InChI is InChI=1S/C18H29NO3/c1-12-6-5-9-17(2)10-14(17)15-13(8-7-12)18(21,11-19(3)4)16(20)22-15/h6,13-15,21H,5,7-11H2,1-4H3. The summed E-state index contributed by atoms with van der Waals surface area (Å²) in [4.78, 5) is 14.3. The molecule has 1 saturated carbocycles. The van der Waals surface area contributed by atoms with Crippen LogP contribution in [0.3, 0.4) is 0 Å². The van der Waals surface area contributed by atoms with E-state index >= 15 is 0 Å². The van der Waals surface area contributed by atoms with Crippen molar-refractivity contribution in [2.24, 2.45) is 17.3 Å². The fourth-order valence-electron chi connectivity index (χ4n) is 4.54. The number of hydrogen-bond acceptors (Lipinski definition) is 4. The molecule has 22 heavy (non-hydrogen) atoms. The number of allylic oxidation sites excluding steroid dienone is 2. The van der Waals surface area contributed by atoms with Crippen molar-refractivity contribution >= 4 is 5.97 Å². The zero-order valence-corrected chi connectivity index (χ0v) is 14.3. The highest BCUT2D eigenvalue weighted by molar-refractivity contribution is 5.82. The Morgan fingerprint density at radius 1 is 1.41 bits per heavy atom. The summed E-state index contributed by atoms with van der Waals surface area (Å²) in [6, 6.07) is 0. The van der Waals surface area contributed by atoms with Gasteiger partial charge in [0.15, 0.2) is 5.60 Å². The fraction of sp³-hybridized carbons (Fsp3) is 0.833. The second-order valence-electron chi connectivity index (χ2n) is 8.23. The molecule has 1 heterocycles. The number of fused-ring (bicyclic) bond motifs is 3. The van der Waals surface area contributed by atoms with E-state index in [0.717, 1.165) is 32.1 Å². The van der Waals surface area contributed by atoms with Crippen LogP contribution in [0.5, 0.6) is 0 Å². The number of likely N-dealkylation sites (N-methyl/N-ethyl adjacent to an activating group) is 1. The molecule has 5 unspecified atom stereocenters. The van der Waals surface area contributed by atoms with Crippen LogP contribution in [0.2, 0.25) is 0 Å². The molecule has 0 aromatic heterocycles. The number of ether oxygens (including phenoxy) is 1. The van der Waals surface area contributed by atoms with Crippen molar-refractivity contribution in [3.8, 4) is 0 Å². The maximum Gasteiger partial charge on any atom is 0.340 e. The minimum atomic E-state index is -1.35. The van der Waals surface area contributed by atoms with Crippen molar-refractivity contribution in [1.82, 2.24) is 4.90 Å². The topological polar surface area (TPSA) is 49.8 Å². The predicted molar refractivity (Wildman–Crippen MR) is 85.3 cm³/mol. The Kier molecular flexibility index (Phi) is 3.89. The largest absolute Gasteiger partial charge is 0.459 e. The number of rotatable bonds is 2. The van der Waals surface area contributed by atoms with Gasteiger partial charge in [-0.05, 0) is 58.5 Å². The molecular formula is C18H29NO3. The van der Waals surface area contributed by atoms with Crippen LogP contribution in [0.25, 0.3) is 0 Å². The summed E-state index contributed by atoms with van der Waals surface area (Å²) >= 11 is 0. The summed E-state index contributed by atoms with van der Waals surface area (Å²) < 4.78 is 5.73. The Balaban J connectivity index is 1.90. The number of esters is 1. The molecule has 2 aliphatic carbocycles. The highest BCUT2D eigenvalue weighted by Gasteiger charge is 2.65. The van der Waals surface area contributed by atoms with Crippen LogP contribution in [0, 0.1) is 17.3 Å². The molecule has 0 bridgehead atoms. The zero-order valence-electron chi connectivity index (χ0n) is 14.3. The molecule has 124 valence electrons. The molecule has 2 fully saturated rings. The summed E-state index contributed by atoms with van der Waals surface area (Å²) in [6.07, 6.45) is 7.39. The summed E-state index contributed by atoms with van der Waals surface area (Å²) in [5.74, 6) is -0.0774. The highest BCUT2D eigenvalue weighted by Crippen LogP contribution is 2.62. The van der Waals surface area contributed by atoms with Gasteiger partial charge in [-0.1, -0.05) is 18.6 Å². The molecule has 3 rings (SSSR count). The first kappa shape index (κ1) is 16.0. The number of carbonyl (C=O) groups excluding carboxylic acids is 1. The van der Waals surface area contributed by atoms with Crippen LogP contribution in [-0.4, -0.2) is 48.3 Å². The lowest BCUT2D eigenvalue weighted by atomic mass is 9.78. The van der Waals surface area contributed by atoms with E-state index in [9.17, 15) is 9.90 Å². The Bertz CT molecular complexity index is 501. The van der Waals surface area contributed by atoms with Crippen LogP contribution in [-0.2, 0) is 9.53 Å². The van der Waals surface area contributed by atoms with Gasteiger partial charge >= 0.3 is 5.97 Å². The van der Waals surface area contributed by atoms with Crippen LogP contribution >= 0.6 is 0 Å². The Morgan fingerprint density at radius 3 is 2.82 bits per heavy atom. The van der Waals surface area contributed by atoms with Crippen molar-refractivity contribution in [3.05, 3.63) is 11.6 Å². The molecule has 5 atom stereocenters. The van der Waals surface area contributed by atoms with E-state index < -0.39 is 11.6 Å².